The van der Waals surface area contributed by atoms with Gasteiger partial charge in [0.1, 0.15) is 17.1 Å². The van der Waals surface area contributed by atoms with Gasteiger partial charge in [-0.1, -0.05) is 12.1 Å². The Balaban J connectivity index is 1.38. The molecule has 2 heterocycles. The fourth-order valence-electron chi connectivity index (χ4n) is 3.76. The number of anilines is 1. The second kappa shape index (κ2) is 9.15. The second-order valence-electron chi connectivity index (χ2n) is 7.75. The molecule has 1 saturated heterocycles. The first kappa shape index (κ1) is 20.2. The minimum Gasteiger partial charge on any atom is -0.497 e. The van der Waals surface area contributed by atoms with Crippen LogP contribution in [0.2, 0.25) is 0 Å². The molecule has 1 aliphatic carbocycles. The lowest BCUT2D eigenvalue weighted by Gasteiger charge is -2.23. The van der Waals surface area contributed by atoms with Gasteiger partial charge in [0.2, 0.25) is 0 Å². The number of benzene rings is 1. The molecule has 1 amide bonds. The number of ether oxygens (including phenoxy) is 2. The molecule has 158 valence electrons. The van der Waals surface area contributed by atoms with Crippen LogP contribution in [-0.4, -0.2) is 54.6 Å². The van der Waals surface area contributed by atoms with Crippen LogP contribution in [0.25, 0.3) is 0 Å². The van der Waals surface area contributed by atoms with Crippen LogP contribution in [0.15, 0.2) is 42.6 Å². The predicted octanol–water partition coefficient (Wildman–Crippen LogP) is 3.04. The Morgan fingerprint density at radius 3 is 2.53 bits per heavy atom. The molecule has 2 aliphatic rings. The third-order valence-corrected chi connectivity index (χ3v) is 5.56. The van der Waals surface area contributed by atoms with Crippen LogP contribution in [0, 0.1) is 0 Å². The minimum absolute atomic E-state index is 0.173. The van der Waals surface area contributed by atoms with Crippen molar-refractivity contribution < 1.29 is 19.1 Å². The van der Waals surface area contributed by atoms with Gasteiger partial charge in [0.15, 0.2) is 6.61 Å². The summed E-state index contributed by atoms with van der Waals surface area (Å²) in [5, 5.41) is 0. The van der Waals surface area contributed by atoms with Crippen LogP contribution in [-0.2, 0) is 16.1 Å². The fourth-order valence-corrected chi connectivity index (χ4v) is 3.76. The Kier molecular flexibility index (Phi) is 6.16. The lowest BCUT2D eigenvalue weighted by Crippen LogP contribution is -2.36. The number of rotatable bonds is 8. The SMILES string of the molecule is COc1ccc(CN(C(=O)COC(=O)c2cccnc2N2CCCC2)C2CC2)cc1. The summed E-state index contributed by atoms with van der Waals surface area (Å²) in [5.74, 6) is 0.749. The third kappa shape index (κ3) is 4.72. The lowest BCUT2D eigenvalue weighted by molar-refractivity contribution is -0.135. The largest absolute Gasteiger partial charge is 0.497 e. The van der Waals surface area contributed by atoms with Gasteiger partial charge in [0, 0.05) is 31.9 Å². The van der Waals surface area contributed by atoms with Crippen molar-refractivity contribution in [1.29, 1.82) is 0 Å². The molecular formula is C23H27N3O4. The molecule has 7 nitrogen and oxygen atoms in total. The smallest absolute Gasteiger partial charge is 0.342 e. The molecule has 2 aromatic rings. The fraction of sp³-hybridized carbons (Fsp3) is 0.435. The Bertz CT molecular complexity index is 890. The van der Waals surface area contributed by atoms with Crippen LogP contribution in [0.1, 0.15) is 41.6 Å². The maximum absolute atomic E-state index is 12.8. The molecule has 0 atom stereocenters. The monoisotopic (exact) mass is 409 g/mol. The summed E-state index contributed by atoms with van der Waals surface area (Å²) in [4.78, 5) is 33.8. The molecule has 0 bridgehead atoms. The highest BCUT2D eigenvalue weighted by molar-refractivity contribution is 5.96. The van der Waals surface area contributed by atoms with Gasteiger partial charge in [0.05, 0.1) is 7.11 Å². The number of hydrogen-bond donors (Lipinski definition) is 0. The highest BCUT2D eigenvalue weighted by Gasteiger charge is 2.33. The summed E-state index contributed by atoms with van der Waals surface area (Å²) in [6.07, 6.45) is 5.82. The van der Waals surface area contributed by atoms with Gasteiger partial charge in [-0.2, -0.15) is 0 Å². The Morgan fingerprint density at radius 1 is 1.13 bits per heavy atom. The number of carbonyl (C=O) groups is 2. The molecule has 1 aromatic carbocycles. The number of aromatic nitrogens is 1. The first-order valence-corrected chi connectivity index (χ1v) is 10.4. The van der Waals surface area contributed by atoms with Crippen LogP contribution in [0.4, 0.5) is 5.82 Å². The molecule has 2 fully saturated rings. The number of carbonyl (C=O) groups excluding carboxylic acids is 2. The zero-order chi connectivity index (χ0) is 20.9. The Labute approximate surface area is 176 Å². The van der Waals surface area contributed by atoms with Crippen LogP contribution in [0.3, 0.4) is 0 Å². The molecule has 1 aromatic heterocycles. The van der Waals surface area contributed by atoms with E-state index in [0.29, 0.717) is 17.9 Å². The quantitative estimate of drug-likeness (QED) is 0.624. The first-order valence-electron chi connectivity index (χ1n) is 10.4. The van der Waals surface area contributed by atoms with E-state index >= 15 is 0 Å². The summed E-state index contributed by atoms with van der Waals surface area (Å²) in [6.45, 7) is 2.00. The summed E-state index contributed by atoms with van der Waals surface area (Å²) in [5.41, 5.74) is 1.44. The van der Waals surface area contributed by atoms with Gasteiger partial charge in [0.25, 0.3) is 5.91 Å². The van der Waals surface area contributed by atoms with Crippen molar-refractivity contribution in [2.24, 2.45) is 0 Å². The van der Waals surface area contributed by atoms with Crippen molar-refractivity contribution in [2.75, 3.05) is 31.7 Å². The van der Waals surface area contributed by atoms with Crippen LogP contribution < -0.4 is 9.64 Å². The number of esters is 1. The Hall–Kier alpha value is -3.09. The third-order valence-electron chi connectivity index (χ3n) is 5.56. The van der Waals surface area contributed by atoms with Crippen molar-refractivity contribution in [3.63, 3.8) is 0 Å². The van der Waals surface area contributed by atoms with Crippen molar-refractivity contribution in [3.05, 3.63) is 53.7 Å². The highest BCUT2D eigenvalue weighted by Crippen LogP contribution is 2.29. The van der Waals surface area contributed by atoms with E-state index in [4.69, 9.17) is 9.47 Å². The zero-order valence-electron chi connectivity index (χ0n) is 17.3. The predicted molar refractivity (Wildman–Crippen MR) is 113 cm³/mol. The molecule has 0 N–H and O–H groups in total. The summed E-state index contributed by atoms with van der Waals surface area (Å²) >= 11 is 0. The summed E-state index contributed by atoms with van der Waals surface area (Å²) in [7, 11) is 1.63. The number of pyridine rings is 1. The normalized spacial score (nSPS) is 15.7. The zero-order valence-corrected chi connectivity index (χ0v) is 17.3. The Morgan fingerprint density at radius 2 is 1.87 bits per heavy atom. The van der Waals surface area contributed by atoms with E-state index in [2.05, 4.69) is 9.88 Å². The van der Waals surface area contributed by atoms with Crippen LogP contribution >= 0.6 is 0 Å². The maximum atomic E-state index is 12.8. The first-order chi connectivity index (χ1) is 14.7. The van der Waals surface area contributed by atoms with Crippen molar-refractivity contribution in [1.82, 2.24) is 9.88 Å². The van der Waals surface area contributed by atoms with E-state index in [-0.39, 0.29) is 18.6 Å². The number of methoxy groups -OCH3 is 1. The van der Waals surface area contributed by atoms with Gasteiger partial charge >= 0.3 is 5.97 Å². The topological polar surface area (TPSA) is 72.0 Å². The average Bonchev–Trinajstić information content (AvgIpc) is 3.48. The molecule has 7 heteroatoms. The molecular weight excluding hydrogens is 382 g/mol. The van der Waals surface area contributed by atoms with Crippen molar-refractivity contribution >= 4 is 17.7 Å². The van der Waals surface area contributed by atoms with Gasteiger partial charge < -0.3 is 19.3 Å². The van der Waals surface area contributed by atoms with Gasteiger partial charge in [-0.25, -0.2) is 9.78 Å². The van der Waals surface area contributed by atoms with Gasteiger partial charge in [-0.3, -0.25) is 4.79 Å². The lowest BCUT2D eigenvalue weighted by atomic mass is 10.2. The minimum atomic E-state index is -0.501. The van der Waals surface area contributed by atoms with E-state index in [1.807, 2.05) is 24.3 Å². The second-order valence-corrected chi connectivity index (χ2v) is 7.75. The molecule has 0 unspecified atom stereocenters. The van der Waals surface area contributed by atoms with E-state index in [1.54, 1.807) is 30.3 Å². The number of amides is 1. The highest BCUT2D eigenvalue weighted by atomic mass is 16.5. The number of nitrogens with zero attached hydrogens (tertiary/aromatic N) is 3. The summed E-state index contributed by atoms with van der Waals surface area (Å²) < 4.78 is 10.6. The maximum Gasteiger partial charge on any atom is 0.342 e. The van der Waals surface area contributed by atoms with E-state index < -0.39 is 5.97 Å². The molecule has 4 rings (SSSR count). The van der Waals surface area contributed by atoms with E-state index in [1.165, 1.54) is 0 Å². The van der Waals surface area contributed by atoms with Crippen LogP contribution in [0.5, 0.6) is 5.75 Å². The molecule has 30 heavy (non-hydrogen) atoms. The molecule has 0 radical (unpaired) electrons. The summed E-state index contributed by atoms with van der Waals surface area (Å²) in [6, 6.07) is 11.3. The van der Waals surface area contributed by atoms with Crippen molar-refractivity contribution in [3.8, 4) is 5.75 Å². The molecule has 1 aliphatic heterocycles. The molecule has 1 saturated carbocycles. The number of hydrogen-bond acceptors (Lipinski definition) is 6. The van der Waals surface area contributed by atoms with E-state index in [0.717, 1.165) is 50.1 Å². The van der Waals surface area contributed by atoms with Gasteiger partial charge in [-0.05, 0) is 55.5 Å². The average molecular weight is 409 g/mol. The van der Waals surface area contributed by atoms with Gasteiger partial charge in [-0.15, -0.1) is 0 Å². The molecule has 0 spiro atoms. The van der Waals surface area contributed by atoms with E-state index in [9.17, 15) is 9.59 Å². The standard InChI is InChI=1S/C23H27N3O4/c1-29-19-10-6-17(7-11-19)15-26(18-8-9-18)21(27)16-30-23(28)20-5-4-12-24-22(20)25-13-2-3-14-25/h4-7,10-12,18H,2-3,8-9,13-16H2,1H3. The van der Waals surface area contributed by atoms with Crippen molar-refractivity contribution in [2.45, 2.75) is 38.3 Å².